The third kappa shape index (κ3) is 3.90. The topological polar surface area (TPSA) is 127 Å². The number of aromatic amines is 1. The molecule has 24 heavy (non-hydrogen) atoms. The fraction of sp³-hybridized carbons (Fsp3) is 0.214. The van der Waals surface area contributed by atoms with Gasteiger partial charge in [-0.1, -0.05) is 23.9 Å². The van der Waals surface area contributed by atoms with Crippen LogP contribution in [0.3, 0.4) is 0 Å². The summed E-state index contributed by atoms with van der Waals surface area (Å²) in [6.45, 7) is 1.53. The maximum absolute atomic E-state index is 12.0. The van der Waals surface area contributed by atoms with Crippen molar-refractivity contribution < 1.29 is 19.2 Å². The summed E-state index contributed by atoms with van der Waals surface area (Å²) in [7, 11) is 1.25. The number of thioether (sulfide) groups is 1. The number of hydrogen-bond donors (Lipinski definition) is 2. The summed E-state index contributed by atoms with van der Waals surface area (Å²) in [5.74, 6) is -1.09. The third-order valence-corrected chi connectivity index (χ3v) is 3.98. The second kappa shape index (κ2) is 7.59. The van der Waals surface area contributed by atoms with Crippen molar-refractivity contribution in [2.45, 2.75) is 11.9 Å². The zero-order valence-electron chi connectivity index (χ0n) is 12.9. The van der Waals surface area contributed by atoms with Gasteiger partial charge in [-0.05, 0) is 19.1 Å². The Morgan fingerprint density at radius 3 is 2.79 bits per heavy atom. The molecule has 10 heteroatoms. The second-order valence-corrected chi connectivity index (χ2v) is 5.60. The number of aryl methyl sites for hydroxylation is 1. The van der Waals surface area contributed by atoms with E-state index in [0.29, 0.717) is 11.4 Å². The number of H-pyrrole nitrogens is 1. The molecule has 0 atom stereocenters. The van der Waals surface area contributed by atoms with E-state index in [4.69, 9.17) is 0 Å². The minimum Gasteiger partial charge on any atom is -0.465 e. The maximum Gasteiger partial charge on any atom is 0.339 e. The van der Waals surface area contributed by atoms with Gasteiger partial charge in [-0.15, -0.1) is 0 Å². The maximum atomic E-state index is 12.0. The van der Waals surface area contributed by atoms with E-state index in [1.54, 1.807) is 18.2 Å². The Bertz CT molecular complexity index is 789. The van der Waals surface area contributed by atoms with Crippen LogP contribution in [-0.4, -0.2) is 39.9 Å². The second-order valence-electron chi connectivity index (χ2n) is 4.63. The fourth-order valence-electron chi connectivity index (χ4n) is 1.92. The summed E-state index contributed by atoms with van der Waals surface area (Å²) >= 11 is 0.931. The minimum atomic E-state index is -0.572. The SMILES string of the molecule is COC(=O)c1ccccc1NC(=O)CSc1n[nH]c(C)c1[N+](=O)[O-]. The predicted octanol–water partition coefficient (Wildman–Crippen LogP) is 2.14. The number of carbonyl (C=O) groups is 2. The smallest absolute Gasteiger partial charge is 0.339 e. The summed E-state index contributed by atoms with van der Waals surface area (Å²) in [6.07, 6.45) is 0. The van der Waals surface area contributed by atoms with Crippen LogP contribution >= 0.6 is 11.8 Å². The lowest BCUT2D eigenvalue weighted by molar-refractivity contribution is -0.388. The number of esters is 1. The number of amides is 1. The normalized spacial score (nSPS) is 10.2. The molecule has 1 aromatic carbocycles. The predicted molar refractivity (Wildman–Crippen MR) is 87.1 cm³/mol. The van der Waals surface area contributed by atoms with Gasteiger partial charge in [0.1, 0.15) is 5.69 Å². The Morgan fingerprint density at radius 2 is 2.12 bits per heavy atom. The fourth-order valence-corrected chi connectivity index (χ4v) is 2.73. The number of methoxy groups -OCH3 is 1. The Morgan fingerprint density at radius 1 is 1.42 bits per heavy atom. The molecule has 0 aliphatic rings. The summed E-state index contributed by atoms with van der Waals surface area (Å²) in [5, 5.41) is 20.0. The largest absolute Gasteiger partial charge is 0.465 e. The number of hydrogen-bond acceptors (Lipinski definition) is 7. The number of ether oxygens (including phenoxy) is 1. The number of benzene rings is 1. The van der Waals surface area contributed by atoms with Gasteiger partial charge in [0.2, 0.25) is 5.91 Å². The molecule has 1 aromatic heterocycles. The molecular weight excluding hydrogens is 336 g/mol. The summed E-state index contributed by atoms with van der Waals surface area (Å²) in [6, 6.07) is 6.40. The van der Waals surface area contributed by atoms with E-state index >= 15 is 0 Å². The molecule has 2 rings (SSSR count). The van der Waals surface area contributed by atoms with E-state index in [2.05, 4.69) is 20.3 Å². The van der Waals surface area contributed by atoms with Crippen molar-refractivity contribution >= 4 is 35.0 Å². The van der Waals surface area contributed by atoms with Gasteiger partial charge in [-0.25, -0.2) is 4.79 Å². The van der Waals surface area contributed by atoms with Crippen LogP contribution in [0.5, 0.6) is 0 Å². The molecule has 0 spiro atoms. The van der Waals surface area contributed by atoms with Crippen molar-refractivity contribution in [3.8, 4) is 0 Å². The zero-order valence-corrected chi connectivity index (χ0v) is 13.7. The molecule has 0 fully saturated rings. The average molecular weight is 350 g/mol. The number of anilines is 1. The first-order valence-electron chi connectivity index (χ1n) is 6.73. The van der Waals surface area contributed by atoms with Gasteiger partial charge >= 0.3 is 11.7 Å². The van der Waals surface area contributed by atoms with Gasteiger partial charge in [0.05, 0.1) is 29.0 Å². The monoisotopic (exact) mass is 350 g/mol. The first kappa shape index (κ1) is 17.5. The molecule has 0 radical (unpaired) electrons. The summed E-state index contributed by atoms with van der Waals surface area (Å²) < 4.78 is 4.65. The zero-order chi connectivity index (χ0) is 17.7. The molecule has 2 aromatic rings. The molecule has 0 saturated heterocycles. The highest BCUT2D eigenvalue weighted by molar-refractivity contribution is 8.00. The van der Waals surface area contributed by atoms with Crippen molar-refractivity contribution in [1.82, 2.24) is 10.2 Å². The standard InChI is InChI=1S/C14H14N4O5S/c1-8-12(18(21)22)13(17-16-8)24-7-11(19)15-10-6-4-3-5-9(10)14(20)23-2/h3-6H,7H2,1-2H3,(H,15,19)(H,16,17). The number of rotatable bonds is 6. The molecule has 0 aliphatic carbocycles. The highest BCUT2D eigenvalue weighted by atomic mass is 32.2. The first-order chi connectivity index (χ1) is 11.4. The lowest BCUT2D eigenvalue weighted by atomic mass is 10.2. The van der Waals surface area contributed by atoms with Gasteiger partial charge < -0.3 is 10.1 Å². The van der Waals surface area contributed by atoms with Crippen LogP contribution in [0.25, 0.3) is 0 Å². The van der Waals surface area contributed by atoms with E-state index in [0.717, 1.165) is 11.8 Å². The van der Waals surface area contributed by atoms with Gasteiger partial charge in [0.25, 0.3) is 0 Å². The van der Waals surface area contributed by atoms with Crippen LogP contribution in [0, 0.1) is 17.0 Å². The number of para-hydroxylation sites is 1. The van der Waals surface area contributed by atoms with Crippen molar-refractivity contribution in [3.05, 3.63) is 45.6 Å². The highest BCUT2D eigenvalue weighted by Crippen LogP contribution is 2.29. The lowest BCUT2D eigenvalue weighted by Crippen LogP contribution is -2.17. The van der Waals surface area contributed by atoms with E-state index in [1.807, 2.05) is 0 Å². The number of nitro groups is 1. The lowest BCUT2D eigenvalue weighted by Gasteiger charge is -2.08. The van der Waals surface area contributed by atoms with Crippen LogP contribution in [-0.2, 0) is 9.53 Å². The highest BCUT2D eigenvalue weighted by Gasteiger charge is 2.23. The molecule has 0 aliphatic heterocycles. The minimum absolute atomic E-state index is 0.0966. The van der Waals surface area contributed by atoms with Gasteiger partial charge in [0.15, 0.2) is 5.03 Å². The van der Waals surface area contributed by atoms with E-state index < -0.39 is 16.8 Å². The van der Waals surface area contributed by atoms with Crippen LogP contribution in [0.15, 0.2) is 29.3 Å². The van der Waals surface area contributed by atoms with Gasteiger partial charge in [-0.2, -0.15) is 5.10 Å². The van der Waals surface area contributed by atoms with Crippen molar-refractivity contribution in [3.63, 3.8) is 0 Å². The van der Waals surface area contributed by atoms with Crippen molar-refractivity contribution in [1.29, 1.82) is 0 Å². The summed E-state index contributed by atoms with van der Waals surface area (Å²) in [4.78, 5) is 34.1. The number of nitrogens with one attached hydrogen (secondary N) is 2. The number of carbonyl (C=O) groups excluding carboxylic acids is 2. The first-order valence-corrected chi connectivity index (χ1v) is 7.72. The van der Waals surface area contributed by atoms with Crippen LogP contribution in [0.2, 0.25) is 0 Å². The molecule has 0 saturated carbocycles. The van der Waals surface area contributed by atoms with E-state index in [-0.39, 0.29) is 22.0 Å². The molecule has 0 unspecified atom stereocenters. The molecule has 1 amide bonds. The van der Waals surface area contributed by atoms with E-state index in [1.165, 1.54) is 20.1 Å². The van der Waals surface area contributed by atoms with Crippen LogP contribution in [0.4, 0.5) is 11.4 Å². The van der Waals surface area contributed by atoms with Gasteiger partial charge in [-0.3, -0.25) is 20.0 Å². The molecular formula is C14H14N4O5S. The molecule has 0 bridgehead atoms. The number of nitrogens with zero attached hydrogens (tertiary/aromatic N) is 2. The number of aromatic nitrogens is 2. The Balaban J connectivity index is 2.05. The average Bonchev–Trinajstić information content (AvgIpc) is 2.93. The quantitative estimate of drug-likeness (QED) is 0.353. The van der Waals surface area contributed by atoms with Gasteiger partial charge in [0, 0.05) is 0 Å². The van der Waals surface area contributed by atoms with Crippen LogP contribution < -0.4 is 5.32 Å². The Hall–Kier alpha value is -2.88. The molecule has 2 N–H and O–H groups in total. The van der Waals surface area contributed by atoms with Crippen molar-refractivity contribution in [2.24, 2.45) is 0 Å². The molecule has 9 nitrogen and oxygen atoms in total. The molecule has 126 valence electrons. The summed E-state index contributed by atoms with van der Waals surface area (Å²) in [5.41, 5.74) is 0.698. The Kier molecular flexibility index (Phi) is 5.53. The van der Waals surface area contributed by atoms with Crippen LogP contribution in [0.1, 0.15) is 16.1 Å². The van der Waals surface area contributed by atoms with E-state index in [9.17, 15) is 19.7 Å². The third-order valence-electron chi connectivity index (χ3n) is 3.01. The molecule has 1 heterocycles. The Labute approximate surface area is 140 Å². The van der Waals surface area contributed by atoms with Crippen molar-refractivity contribution in [2.75, 3.05) is 18.2 Å².